The van der Waals surface area contributed by atoms with Crippen molar-refractivity contribution in [2.45, 2.75) is 20.8 Å². The van der Waals surface area contributed by atoms with E-state index in [1.54, 1.807) is 6.07 Å². The standard InChI is InChI=1S/C16H18N2O/c1-10-6-11(2)8-13(7-10)16(19)18-14-4-5-15(17)12(3)9-14/h4-9H,17H2,1-3H3,(H,18,19). The van der Waals surface area contributed by atoms with E-state index in [4.69, 9.17) is 5.73 Å². The second-order valence-electron chi connectivity index (χ2n) is 4.90. The van der Waals surface area contributed by atoms with Crippen LogP contribution in [0.4, 0.5) is 11.4 Å². The highest BCUT2D eigenvalue weighted by Crippen LogP contribution is 2.18. The third-order valence-electron chi connectivity index (χ3n) is 3.01. The average Bonchev–Trinajstić information content (AvgIpc) is 2.32. The summed E-state index contributed by atoms with van der Waals surface area (Å²) < 4.78 is 0. The predicted molar refractivity (Wildman–Crippen MR) is 79.5 cm³/mol. The van der Waals surface area contributed by atoms with Gasteiger partial charge in [0.05, 0.1) is 0 Å². The third kappa shape index (κ3) is 3.13. The van der Waals surface area contributed by atoms with Crippen molar-refractivity contribution in [2.24, 2.45) is 0 Å². The number of carbonyl (C=O) groups excluding carboxylic acids is 1. The van der Waals surface area contributed by atoms with Gasteiger partial charge in [0, 0.05) is 16.9 Å². The fraction of sp³-hybridized carbons (Fsp3) is 0.188. The van der Waals surface area contributed by atoms with Crippen LogP contribution in [0, 0.1) is 20.8 Å². The van der Waals surface area contributed by atoms with Gasteiger partial charge in [-0.2, -0.15) is 0 Å². The Morgan fingerprint density at radius 2 is 1.63 bits per heavy atom. The first-order valence-electron chi connectivity index (χ1n) is 6.21. The number of nitrogens with one attached hydrogen (secondary N) is 1. The van der Waals surface area contributed by atoms with Gasteiger partial charge in [-0.05, 0) is 56.7 Å². The molecule has 0 atom stereocenters. The SMILES string of the molecule is Cc1cc(C)cc(C(=O)Nc2ccc(N)c(C)c2)c1. The van der Waals surface area contributed by atoms with Crippen molar-refractivity contribution in [3.8, 4) is 0 Å². The van der Waals surface area contributed by atoms with E-state index in [9.17, 15) is 4.79 Å². The molecule has 0 spiro atoms. The van der Waals surface area contributed by atoms with E-state index < -0.39 is 0 Å². The van der Waals surface area contributed by atoms with Crippen LogP contribution in [0.2, 0.25) is 0 Å². The Kier molecular flexibility index (Phi) is 3.56. The molecule has 2 aromatic rings. The number of nitrogens with two attached hydrogens (primary N) is 1. The lowest BCUT2D eigenvalue weighted by Gasteiger charge is -2.09. The van der Waals surface area contributed by atoms with Crippen LogP contribution in [0.15, 0.2) is 36.4 Å². The minimum absolute atomic E-state index is 0.101. The van der Waals surface area contributed by atoms with Crippen LogP contribution in [0.1, 0.15) is 27.0 Å². The second-order valence-corrected chi connectivity index (χ2v) is 4.90. The predicted octanol–water partition coefficient (Wildman–Crippen LogP) is 3.45. The summed E-state index contributed by atoms with van der Waals surface area (Å²) in [6.45, 7) is 5.89. The van der Waals surface area contributed by atoms with E-state index in [0.29, 0.717) is 5.56 Å². The highest BCUT2D eigenvalue weighted by atomic mass is 16.1. The average molecular weight is 254 g/mol. The van der Waals surface area contributed by atoms with Crippen LogP contribution in [-0.4, -0.2) is 5.91 Å². The highest BCUT2D eigenvalue weighted by molar-refractivity contribution is 6.04. The summed E-state index contributed by atoms with van der Waals surface area (Å²) in [6.07, 6.45) is 0. The first kappa shape index (κ1) is 13.1. The van der Waals surface area contributed by atoms with Crippen molar-refractivity contribution in [1.82, 2.24) is 0 Å². The lowest BCUT2D eigenvalue weighted by atomic mass is 10.1. The van der Waals surface area contributed by atoms with Crippen LogP contribution in [0.3, 0.4) is 0 Å². The largest absolute Gasteiger partial charge is 0.399 e. The minimum Gasteiger partial charge on any atom is -0.399 e. The van der Waals surface area contributed by atoms with Crippen LogP contribution in [0.25, 0.3) is 0 Å². The van der Waals surface area contributed by atoms with Crippen molar-refractivity contribution in [3.63, 3.8) is 0 Å². The molecule has 0 unspecified atom stereocenters. The van der Waals surface area contributed by atoms with E-state index in [-0.39, 0.29) is 5.91 Å². The molecule has 3 heteroatoms. The molecule has 2 aromatic carbocycles. The van der Waals surface area contributed by atoms with Crippen LogP contribution in [-0.2, 0) is 0 Å². The van der Waals surface area contributed by atoms with Gasteiger partial charge in [0.25, 0.3) is 5.91 Å². The molecule has 19 heavy (non-hydrogen) atoms. The lowest BCUT2D eigenvalue weighted by Crippen LogP contribution is -2.12. The van der Waals surface area contributed by atoms with Gasteiger partial charge >= 0.3 is 0 Å². The summed E-state index contributed by atoms with van der Waals surface area (Å²) >= 11 is 0. The molecule has 0 saturated heterocycles. The zero-order chi connectivity index (χ0) is 14.0. The van der Waals surface area contributed by atoms with Crippen LogP contribution >= 0.6 is 0 Å². The van der Waals surface area contributed by atoms with Gasteiger partial charge in [-0.25, -0.2) is 0 Å². The normalized spacial score (nSPS) is 10.3. The van der Waals surface area contributed by atoms with Gasteiger partial charge in [0.15, 0.2) is 0 Å². The van der Waals surface area contributed by atoms with E-state index in [1.165, 1.54) is 0 Å². The molecule has 0 aliphatic heterocycles. The molecule has 3 nitrogen and oxygen atoms in total. The first-order valence-corrected chi connectivity index (χ1v) is 6.21. The third-order valence-corrected chi connectivity index (χ3v) is 3.01. The maximum absolute atomic E-state index is 12.2. The van der Waals surface area contributed by atoms with Gasteiger partial charge in [-0.1, -0.05) is 17.2 Å². The molecule has 0 aliphatic rings. The lowest BCUT2D eigenvalue weighted by molar-refractivity contribution is 0.102. The zero-order valence-electron chi connectivity index (χ0n) is 11.4. The van der Waals surface area contributed by atoms with E-state index >= 15 is 0 Å². The fourth-order valence-corrected chi connectivity index (χ4v) is 2.06. The number of anilines is 2. The number of nitrogen functional groups attached to an aromatic ring is 1. The molecule has 0 bridgehead atoms. The number of aryl methyl sites for hydroxylation is 3. The second kappa shape index (κ2) is 5.14. The Bertz CT molecular complexity index is 612. The quantitative estimate of drug-likeness (QED) is 0.806. The van der Waals surface area contributed by atoms with E-state index in [1.807, 2.05) is 51.1 Å². The molecule has 0 fully saturated rings. The Morgan fingerprint density at radius 3 is 2.21 bits per heavy atom. The summed E-state index contributed by atoms with van der Waals surface area (Å²) in [5, 5.41) is 2.89. The molecule has 0 aliphatic carbocycles. The Balaban J connectivity index is 2.22. The molecule has 0 aromatic heterocycles. The molecule has 0 radical (unpaired) electrons. The van der Waals surface area contributed by atoms with Crippen LogP contribution < -0.4 is 11.1 Å². The maximum Gasteiger partial charge on any atom is 0.255 e. The summed E-state index contributed by atoms with van der Waals surface area (Å²) in [6, 6.07) is 11.3. The molecule has 0 heterocycles. The van der Waals surface area contributed by atoms with Crippen molar-refractivity contribution in [1.29, 1.82) is 0 Å². The Morgan fingerprint density at radius 1 is 1.00 bits per heavy atom. The van der Waals surface area contributed by atoms with Crippen molar-refractivity contribution in [3.05, 3.63) is 58.7 Å². The number of hydrogen-bond donors (Lipinski definition) is 2. The molecular weight excluding hydrogens is 236 g/mol. The number of carbonyl (C=O) groups is 1. The molecular formula is C16H18N2O. The summed E-state index contributed by atoms with van der Waals surface area (Å²) in [5.41, 5.74) is 11.0. The van der Waals surface area contributed by atoms with Crippen molar-refractivity contribution >= 4 is 17.3 Å². The number of hydrogen-bond acceptors (Lipinski definition) is 2. The van der Waals surface area contributed by atoms with Gasteiger partial charge in [0.2, 0.25) is 0 Å². The summed E-state index contributed by atoms with van der Waals surface area (Å²) in [4.78, 5) is 12.2. The van der Waals surface area contributed by atoms with Gasteiger partial charge in [-0.3, -0.25) is 4.79 Å². The van der Waals surface area contributed by atoms with Gasteiger partial charge < -0.3 is 11.1 Å². The number of amides is 1. The molecule has 98 valence electrons. The molecule has 1 amide bonds. The maximum atomic E-state index is 12.2. The first-order chi connectivity index (χ1) is 8.95. The molecule has 0 saturated carbocycles. The summed E-state index contributed by atoms with van der Waals surface area (Å²) in [7, 11) is 0. The number of rotatable bonds is 2. The highest BCUT2D eigenvalue weighted by Gasteiger charge is 2.07. The monoisotopic (exact) mass is 254 g/mol. The fourth-order valence-electron chi connectivity index (χ4n) is 2.06. The summed E-state index contributed by atoms with van der Waals surface area (Å²) in [5.74, 6) is -0.101. The van der Waals surface area contributed by atoms with Crippen molar-refractivity contribution in [2.75, 3.05) is 11.1 Å². The zero-order valence-corrected chi connectivity index (χ0v) is 11.4. The van der Waals surface area contributed by atoms with Gasteiger partial charge in [0.1, 0.15) is 0 Å². The number of benzene rings is 2. The molecule has 2 rings (SSSR count). The molecule has 3 N–H and O–H groups in total. The minimum atomic E-state index is -0.101. The van der Waals surface area contributed by atoms with Crippen LogP contribution in [0.5, 0.6) is 0 Å². The van der Waals surface area contributed by atoms with E-state index in [0.717, 1.165) is 28.1 Å². The topological polar surface area (TPSA) is 55.1 Å². The smallest absolute Gasteiger partial charge is 0.255 e. The van der Waals surface area contributed by atoms with Gasteiger partial charge in [-0.15, -0.1) is 0 Å². The Hall–Kier alpha value is -2.29. The van der Waals surface area contributed by atoms with E-state index in [2.05, 4.69) is 5.32 Å². The Labute approximate surface area is 113 Å². The van der Waals surface area contributed by atoms with Crippen molar-refractivity contribution < 1.29 is 4.79 Å².